The van der Waals surface area contributed by atoms with Gasteiger partial charge in [-0.05, 0) is 13.3 Å². The van der Waals surface area contributed by atoms with Gasteiger partial charge in [0.15, 0.2) is 0 Å². The highest BCUT2D eigenvalue weighted by atomic mass is 17.1. The Kier molecular flexibility index (Phi) is 4.76. The molecule has 1 amide bonds. The zero-order valence-electron chi connectivity index (χ0n) is 7.66. The third-order valence-electron chi connectivity index (χ3n) is 1.48. The molecule has 5 heteroatoms. The highest BCUT2D eigenvalue weighted by molar-refractivity contribution is 5.94. The van der Waals surface area contributed by atoms with Gasteiger partial charge in [-0.3, -0.25) is 9.68 Å². The Labute approximate surface area is 76.3 Å². The lowest BCUT2D eigenvalue weighted by Crippen LogP contribution is -2.41. The quantitative estimate of drug-likeness (QED) is 0.381. The number of carbonyl (C=O) groups excluding carboxylic acids is 2. The standard InChI is InChI=1S/C8H13NO4/c1-4-6(8(11)13-12)9-7(10)5(2)3/h6,12H,2,4H2,1,3H3,(H,9,10). The summed E-state index contributed by atoms with van der Waals surface area (Å²) in [4.78, 5) is 25.3. The van der Waals surface area contributed by atoms with E-state index in [1.807, 2.05) is 0 Å². The molecule has 0 saturated carbocycles. The van der Waals surface area contributed by atoms with Gasteiger partial charge in [0.1, 0.15) is 6.04 Å². The second-order valence-corrected chi connectivity index (χ2v) is 2.62. The molecule has 0 rings (SSSR count). The minimum absolute atomic E-state index is 0.296. The largest absolute Gasteiger partial charge is 0.364 e. The first-order valence-electron chi connectivity index (χ1n) is 3.84. The lowest BCUT2D eigenvalue weighted by Gasteiger charge is -2.12. The number of hydrogen-bond acceptors (Lipinski definition) is 4. The van der Waals surface area contributed by atoms with E-state index >= 15 is 0 Å². The second-order valence-electron chi connectivity index (χ2n) is 2.62. The minimum atomic E-state index is -0.878. The van der Waals surface area contributed by atoms with Crippen LogP contribution in [0, 0.1) is 0 Å². The molecule has 0 aromatic heterocycles. The molecule has 13 heavy (non-hydrogen) atoms. The van der Waals surface area contributed by atoms with Crippen molar-refractivity contribution in [3.63, 3.8) is 0 Å². The SMILES string of the molecule is C=C(C)C(=O)NC(CC)C(=O)OO. The molecule has 0 aliphatic heterocycles. The van der Waals surface area contributed by atoms with E-state index < -0.39 is 17.9 Å². The first-order chi connectivity index (χ1) is 6.02. The van der Waals surface area contributed by atoms with Crippen molar-refractivity contribution < 1.29 is 19.7 Å². The normalized spacial score (nSPS) is 11.6. The van der Waals surface area contributed by atoms with Crippen molar-refractivity contribution in [2.75, 3.05) is 0 Å². The smallest absolute Gasteiger partial charge is 0.339 e. The highest BCUT2D eigenvalue weighted by Crippen LogP contribution is 1.96. The van der Waals surface area contributed by atoms with Gasteiger partial charge in [0.25, 0.3) is 0 Å². The summed E-state index contributed by atoms with van der Waals surface area (Å²) < 4.78 is 0. The van der Waals surface area contributed by atoms with Gasteiger partial charge in [-0.25, -0.2) is 4.79 Å². The van der Waals surface area contributed by atoms with Crippen LogP contribution in [0.5, 0.6) is 0 Å². The van der Waals surface area contributed by atoms with Crippen LogP contribution in [-0.2, 0) is 14.5 Å². The summed E-state index contributed by atoms with van der Waals surface area (Å²) in [5.74, 6) is -1.31. The van der Waals surface area contributed by atoms with Gasteiger partial charge in [-0.1, -0.05) is 13.5 Å². The van der Waals surface area contributed by atoms with Gasteiger partial charge in [-0.2, -0.15) is 5.26 Å². The van der Waals surface area contributed by atoms with Crippen LogP contribution in [-0.4, -0.2) is 23.2 Å². The molecule has 0 aromatic carbocycles. The van der Waals surface area contributed by atoms with E-state index in [4.69, 9.17) is 5.26 Å². The fraction of sp³-hybridized carbons (Fsp3) is 0.500. The van der Waals surface area contributed by atoms with Crippen LogP contribution in [0.1, 0.15) is 20.3 Å². The molecule has 0 spiro atoms. The van der Waals surface area contributed by atoms with Gasteiger partial charge < -0.3 is 5.32 Å². The number of hydrogen-bond donors (Lipinski definition) is 2. The molecule has 1 atom stereocenters. The Balaban J connectivity index is 4.21. The van der Waals surface area contributed by atoms with E-state index in [2.05, 4.69) is 16.8 Å². The summed E-state index contributed by atoms with van der Waals surface area (Å²) in [5, 5.41) is 10.4. The summed E-state index contributed by atoms with van der Waals surface area (Å²) in [6.45, 7) is 6.60. The number of nitrogens with one attached hydrogen (secondary N) is 1. The van der Waals surface area contributed by atoms with Crippen molar-refractivity contribution in [1.29, 1.82) is 0 Å². The predicted octanol–water partition coefficient (Wildman–Crippen LogP) is 0.473. The molecular formula is C8H13NO4. The van der Waals surface area contributed by atoms with Crippen molar-refractivity contribution in [1.82, 2.24) is 5.32 Å². The van der Waals surface area contributed by atoms with Crippen LogP contribution in [0.25, 0.3) is 0 Å². The van der Waals surface area contributed by atoms with E-state index in [0.29, 0.717) is 12.0 Å². The zero-order chi connectivity index (χ0) is 10.4. The van der Waals surface area contributed by atoms with E-state index in [1.165, 1.54) is 6.92 Å². The highest BCUT2D eigenvalue weighted by Gasteiger charge is 2.20. The molecule has 2 N–H and O–H groups in total. The topological polar surface area (TPSA) is 75.6 Å². The molecule has 0 aliphatic rings. The van der Waals surface area contributed by atoms with Gasteiger partial charge in [0.2, 0.25) is 5.91 Å². The molecule has 1 unspecified atom stereocenters. The van der Waals surface area contributed by atoms with Crippen molar-refractivity contribution in [3.05, 3.63) is 12.2 Å². The fourth-order valence-electron chi connectivity index (χ4n) is 0.673. The number of carbonyl (C=O) groups is 2. The first kappa shape index (κ1) is 11.6. The Hall–Kier alpha value is -1.36. The van der Waals surface area contributed by atoms with Crippen LogP contribution in [0.15, 0.2) is 12.2 Å². The molecule has 0 bridgehead atoms. The molecule has 0 saturated heterocycles. The third-order valence-corrected chi connectivity index (χ3v) is 1.48. The molecule has 5 nitrogen and oxygen atoms in total. The van der Waals surface area contributed by atoms with Crippen LogP contribution in [0.2, 0.25) is 0 Å². The lowest BCUT2D eigenvalue weighted by atomic mass is 10.2. The Bertz CT molecular complexity index is 224. The summed E-state index contributed by atoms with van der Waals surface area (Å²) in [7, 11) is 0. The molecule has 74 valence electrons. The zero-order valence-corrected chi connectivity index (χ0v) is 7.66. The summed E-state index contributed by atoms with van der Waals surface area (Å²) in [5.41, 5.74) is 0.296. The number of amides is 1. The average Bonchev–Trinajstić information content (AvgIpc) is 2.12. The van der Waals surface area contributed by atoms with Crippen molar-refractivity contribution >= 4 is 11.9 Å². The Morgan fingerprint density at radius 2 is 2.15 bits per heavy atom. The summed E-state index contributed by atoms with van der Waals surface area (Å²) >= 11 is 0. The maximum absolute atomic E-state index is 11.0. The second kappa shape index (κ2) is 5.31. The van der Waals surface area contributed by atoms with Crippen molar-refractivity contribution in [2.24, 2.45) is 0 Å². The van der Waals surface area contributed by atoms with Crippen LogP contribution in [0.3, 0.4) is 0 Å². The van der Waals surface area contributed by atoms with Crippen LogP contribution >= 0.6 is 0 Å². The van der Waals surface area contributed by atoms with Crippen LogP contribution < -0.4 is 5.32 Å². The van der Waals surface area contributed by atoms with Gasteiger partial charge in [-0.15, -0.1) is 0 Å². The fourth-order valence-corrected chi connectivity index (χ4v) is 0.673. The average molecular weight is 187 g/mol. The van der Waals surface area contributed by atoms with Crippen molar-refractivity contribution in [2.45, 2.75) is 26.3 Å². The van der Waals surface area contributed by atoms with Crippen LogP contribution in [0.4, 0.5) is 0 Å². The summed E-state index contributed by atoms with van der Waals surface area (Å²) in [6.07, 6.45) is 0.346. The molecule has 0 aliphatic carbocycles. The number of rotatable bonds is 4. The van der Waals surface area contributed by atoms with E-state index in [9.17, 15) is 9.59 Å². The van der Waals surface area contributed by atoms with Crippen molar-refractivity contribution in [3.8, 4) is 0 Å². The molecule has 0 heterocycles. The third kappa shape index (κ3) is 3.71. The van der Waals surface area contributed by atoms with Gasteiger partial charge >= 0.3 is 5.97 Å². The molecule has 0 aromatic rings. The lowest BCUT2D eigenvalue weighted by molar-refractivity contribution is -0.236. The maximum Gasteiger partial charge on any atom is 0.364 e. The Morgan fingerprint density at radius 3 is 2.46 bits per heavy atom. The monoisotopic (exact) mass is 187 g/mol. The summed E-state index contributed by atoms with van der Waals surface area (Å²) in [6, 6.07) is -0.825. The molecule has 0 fully saturated rings. The molecule has 0 radical (unpaired) electrons. The molecular weight excluding hydrogens is 174 g/mol. The van der Waals surface area contributed by atoms with E-state index in [-0.39, 0.29) is 0 Å². The Morgan fingerprint density at radius 1 is 1.62 bits per heavy atom. The van der Waals surface area contributed by atoms with E-state index in [1.54, 1.807) is 6.92 Å². The minimum Gasteiger partial charge on any atom is -0.339 e. The predicted molar refractivity (Wildman–Crippen MR) is 45.8 cm³/mol. The van der Waals surface area contributed by atoms with Gasteiger partial charge in [0, 0.05) is 5.57 Å². The first-order valence-corrected chi connectivity index (χ1v) is 3.84. The van der Waals surface area contributed by atoms with Gasteiger partial charge in [0.05, 0.1) is 0 Å². The maximum atomic E-state index is 11.0. The van der Waals surface area contributed by atoms with E-state index in [0.717, 1.165) is 0 Å².